The summed E-state index contributed by atoms with van der Waals surface area (Å²) in [6.45, 7) is 0. The monoisotopic (exact) mass is 408 g/mol. The highest BCUT2D eigenvalue weighted by Gasteiger charge is 2.30. The van der Waals surface area contributed by atoms with Crippen molar-refractivity contribution in [3.63, 3.8) is 0 Å². The first-order valence-electron chi connectivity index (χ1n) is 8.99. The van der Waals surface area contributed by atoms with Crippen LogP contribution in [0.5, 0.6) is 5.75 Å². The maximum Gasteiger partial charge on any atom is 0.238 e. The van der Waals surface area contributed by atoms with E-state index in [0.717, 1.165) is 28.3 Å². The van der Waals surface area contributed by atoms with Crippen molar-refractivity contribution in [2.45, 2.75) is 17.4 Å². The Balaban J connectivity index is 1.73. The van der Waals surface area contributed by atoms with Crippen LogP contribution in [0.25, 0.3) is 0 Å². The van der Waals surface area contributed by atoms with Gasteiger partial charge in [0.1, 0.15) is 5.75 Å². The van der Waals surface area contributed by atoms with Gasteiger partial charge < -0.3 is 4.74 Å². The van der Waals surface area contributed by atoms with Crippen LogP contribution in [0.3, 0.4) is 0 Å². The molecule has 0 bridgehead atoms. The number of sulfonamides is 1. The Kier molecular flexibility index (Phi) is 5.04. The zero-order chi connectivity index (χ0) is 20.4. The number of methoxy groups -OCH3 is 1. The van der Waals surface area contributed by atoms with Crippen molar-refractivity contribution >= 4 is 21.4 Å². The van der Waals surface area contributed by atoms with E-state index in [1.165, 1.54) is 12.1 Å². The SMILES string of the molecule is COc1ccc(C2CC(c3ccncc3)=NN2c2ccc(S(N)(=O)=O)cc2)cc1. The topological polar surface area (TPSA) is 97.9 Å². The van der Waals surface area contributed by atoms with Crippen molar-refractivity contribution in [3.8, 4) is 5.75 Å². The minimum absolute atomic E-state index is 0.0376. The quantitative estimate of drug-likeness (QED) is 0.700. The van der Waals surface area contributed by atoms with Crippen molar-refractivity contribution in [2.75, 3.05) is 12.1 Å². The zero-order valence-corrected chi connectivity index (χ0v) is 16.6. The Labute approximate surface area is 169 Å². The number of nitrogens with two attached hydrogens (primary N) is 1. The fraction of sp³-hybridized carbons (Fsp3) is 0.143. The van der Waals surface area contributed by atoms with E-state index in [4.69, 9.17) is 15.0 Å². The van der Waals surface area contributed by atoms with E-state index in [9.17, 15) is 8.42 Å². The first kappa shape index (κ1) is 19.1. The van der Waals surface area contributed by atoms with E-state index in [-0.39, 0.29) is 10.9 Å². The van der Waals surface area contributed by atoms with Gasteiger partial charge in [-0.1, -0.05) is 12.1 Å². The lowest BCUT2D eigenvalue weighted by atomic mass is 9.98. The molecule has 29 heavy (non-hydrogen) atoms. The number of hydrazone groups is 1. The van der Waals surface area contributed by atoms with Crippen LogP contribution >= 0.6 is 0 Å². The predicted octanol–water partition coefficient (Wildman–Crippen LogP) is 3.09. The maximum absolute atomic E-state index is 11.6. The third-order valence-corrected chi connectivity index (χ3v) is 5.78. The van der Waals surface area contributed by atoms with Crippen LogP contribution in [0.2, 0.25) is 0 Å². The standard InChI is InChI=1S/C21H20N4O3S/c1-28-18-6-2-16(3-7-18)21-14-20(15-10-12-23-13-11-15)24-25(21)17-4-8-19(9-5-17)29(22,26)27/h2-13,21H,14H2,1H3,(H2,22,26,27). The van der Waals surface area contributed by atoms with Gasteiger partial charge in [0.2, 0.25) is 10.0 Å². The molecule has 0 spiro atoms. The lowest BCUT2D eigenvalue weighted by Gasteiger charge is -2.24. The van der Waals surface area contributed by atoms with Crippen LogP contribution in [0, 0.1) is 0 Å². The Hall–Kier alpha value is -3.23. The summed E-state index contributed by atoms with van der Waals surface area (Å²) in [6.07, 6.45) is 4.18. The molecule has 0 amide bonds. The molecule has 0 aliphatic carbocycles. The van der Waals surface area contributed by atoms with Crippen LogP contribution in [-0.2, 0) is 10.0 Å². The number of anilines is 1. The summed E-state index contributed by atoms with van der Waals surface area (Å²) >= 11 is 0. The number of nitrogens with zero attached hydrogens (tertiary/aromatic N) is 3. The van der Waals surface area contributed by atoms with E-state index in [1.54, 1.807) is 31.6 Å². The van der Waals surface area contributed by atoms with Gasteiger partial charge in [-0.15, -0.1) is 0 Å². The summed E-state index contributed by atoms with van der Waals surface area (Å²) in [7, 11) is -2.11. The molecule has 2 heterocycles. The predicted molar refractivity (Wildman–Crippen MR) is 111 cm³/mol. The Morgan fingerprint density at radius 3 is 2.24 bits per heavy atom. The molecule has 1 atom stereocenters. The molecule has 1 aliphatic heterocycles. The number of pyridine rings is 1. The molecule has 148 valence electrons. The largest absolute Gasteiger partial charge is 0.497 e. The van der Waals surface area contributed by atoms with Crippen LogP contribution in [0.15, 0.2) is 83.1 Å². The normalized spacial score (nSPS) is 16.6. The molecule has 0 radical (unpaired) electrons. The molecule has 3 aromatic rings. The van der Waals surface area contributed by atoms with Gasteiger partial charge >= 0.3 is 0 Å². The highest BCUT2D eigenvalue weighted by Crippen LogP contribution is 2.37. The molecule has 2 N–H and O–H groups in total. The second kappa shape index (κ2) is 7.65. The number of aromatic nitrogens is 1. The van der Waals surface area contributed by atoms with Crippen LogP contribution in [0.1, 0.15) is 23.6 Å². The minimum atomic E-state index is -3.75. The molecule has 1 aromatic heterocycles. The van der Waals surface area contributed by atoms with Gasteiger partial charge in [0, 0.05) is 24.4 Å². The molecular weight excluding hydrogens is 388 g/mol. The fourth-order valence-electron chi connectivity index (χ4n) is 3.34. The first-order valence-corrected chi connectivity index (χ1v) is 10.5. The molecule has 8 heteroatoms. The molecule has 1 aliphatic rings. The number of rotatable bonds is 5. The van der Waals surface area contributed by atoms with E-state index < -0.39 is 10.0 Å². The molecule has 7 nitrogen and oxygen atoms in total. The summed E-state index contributed by atoms with van der Waals surface area (Å²) < 4.78 is 28.4. The Morgan fingerprint density at radius 1 is 1.00 bits per heavy atom. The smallest absolute Gasteiger partial charge is 0.238 e. The number of primary sulfonamides is 1. The third-order valence-electron chi connectivity index (χ3n) is 4.85. The lowest BCUT2D eigenvalue weighted by Crippen LogP contribution is -2.19. The first-order chi connectivity index (χ1) is 14.0. The molecule has 0 fully saturated rings. The maximum atomic E-state index is 11.6. The van der Waals surface area contributed by atoms with Gasteiger partial charge in [-0.05, 0) is 54.1 Å². The average molecular weight is 408 g/mol. The van der Waals surface area contributed by atoms with Gasteiger partial charge in [-0.25, -0.2) is 13.6 Å². The molecule has 2 aromatic carbocycles. The fourth-order valence-corrected chi connectivity index (χ4v) is 3.86. The van der Waals surface area contributed by atoms with Crippen LogP contribution in [-0.4, -0.2) is 26.2 Å². The number of benzene rings is 2. The highest BCUT2D eigenvalue weighted by atomic mass is 32.2. The second-order valence-electron chi connectivity index (χ2n) is 6.66. The summed E-state index contributed by atoms with van der Waals surface area (Å²) in [6, 6.07) is 18.1. The van der Waals surface area contributed by atoms with Gasteiger partial charge in [0.25, 0.3) is 0 Å². The van der Waals surface area contributed by atoms with Gasteiger partial charge in [0.15, 0.2) is 0 Å². The zero-order valence-electron chi connectivity index (χ0n) is 15.8. The number of hydrogen-bond acceptors (Lipinski definition) is 6. The Morgan fingerprint density at radius 2 is 1.66 bits per heavy atom. The number of ether oxygens (including phenoxy) is 1. The summed E-state index contributed by atoms with van der Waals surface area (Å²) in [5.41, 5.74) is 3.79. The molecule has 1 unspecified atom stereocenters. The lowest BCUT2D eigenvalue weighted by molar-refractivity contribution is 0.414. The van der Waals surface area contributed by atoms with Crippen molar-refractivity contribution < 1.29 is 13.2 Å². The highest BCUT2D eigenvalue weighted by molar-refractivity contribution is 7.89. The molecule has 0 saturated carbocycles. The number of hydrogen-bond donors (Lipinski definition) is 1. The summed E-state index contributed by atoms with van der Waals surface area (Å²) in [4.78, 5) is 4.14. The van der Waals surface area contributed by atoms with Crippen molar-refractivity contribution in [3.05, 3.63) is 84.2 Å². The van der Waals surface area contributed by atoms with E-state index in [0.29, 0.717) is 6.42 Å². The van der Waals surface area contributed by atoms with E-state index in [2.05, 4.69) is 4.98 Å². The second-order valence-corrected chi connectivity index (χ2v) is 8.22. The van der Waals surface area contributed by atoms with Crippen molar-refractivity contribution in [1.29, 1.82) is 0 Å². The molecule has 0 saturated heterocycles. The van der Waals surface area contributed by atoms with Crippen molar-refractivity contribution in [2.24, 2.45) is 10.2 Å². The Bertz CT molecular complexity index is 1130. The van der Waals surface area contributed by atoms with Gasteiger partial charge in [0.05, 0.1) is 29.4 Å². The van der Waals surface area contributed by atoms with E-state index in [1.807, 2.05) is 41.4 Å². The van der Waals surface area contributed by atoms with E-state index >= 15 is 0 Å². The summed E-state index contributed by atoms with van der Waals surface area (Å²) in [5, 5.41) is 12.0. The molecule has 4 rings (SSSR count). The van der Waals surface area contributed by atoms with Crippen molar-refractivity contribution in [1.82, 2.24) is 4.98 Å². The van der Waals surface area contributed by atoms with Gasteiger partial charge in [-0.3, -0.25) is 9.99 Å². The molecular formula is C21H20N4O3S. The van der Waals surface area contributed by atoms with Crippen LogP contribution < -0.4 is 14.9 Å². The average Bonchev–Trinajstić information content (AvgIpc) is 3.19. The minimum Gasteiger partial charge on any atom is -0.497 e. The summed E-state index contributed by atoms with van der Waals surface area (Å²) in [5.74, 6) is 0.783. The van der Waals surface area contributed by atoms with Gasteiger partial charge in [-0.2, -0.15) is 5.10 Å². The third kappa shape index (κ3) is 3.98. The van der Waals surface area contributed by atoms with Crippen LogP contribution in [0.4, 0.5) is 5.69 Å².